The number of urea groups is 1. The van der Waals surface area contributed by atoms with Crippen molar-refractivity contribution >= 4 is 12.0 Å². The van der Waals surface area contributed by atoms with Crippen LogP contribution in [0.25, 0.3) is 0 Å². The Bertz CT molecular complexity index is 719. The first-order valence-corrected chi connectivity index (χ1v) is 10.4. The molecule has 174 valence electrons. The van der Waals surface area contributed by atoms with E-state index in [1.165, 1.54) is 5.56 Å². The van der Waals surface area contributed by atoms with Gasteiger partial charge in [0, 0.05) is 44.8 Å². The van der Waals surface area contributed by atoms with Gasteiger partial charge in [-0.2, -0.15) is 13.2 Å². The summed E-state index contributed by atoms with van der Waals surface area (Å²) in [6.07, 6.45) is 2.96. The van der Waals surface area contributed by atoms with Crippen LogP contribution in [0.1, 0.15) is 31.2 Å². The lowest BCUT2D eigenvalue weighted by atomic mass is 9.83. The van der Waals surface area contributed by atoms with Gasteiger partial charge < -0.3 is 24.5 Å². The molecule has 31 heavy (non-hydrogen) atoms. The minimum absolute atomic E-state index is 0.0548. The number of aliphatic carboxylic acids is 1. The second-order valence-electron chi connectivity index (χ2n) is 8.36. The smallest absolute Gasteiger partial charge is 0.475 e. The first kappa shape index (κ1) is 23.4. The molecule has 1 atom stereocenters. The maximum absolute atomic E-state index is 12.0. The third-order valence-corrected chi connectivity index (χ3v) is 5.82. The van der Waals surface area contributed by atoms with E-state index in [0.717, 1.165) is 71.6 Å². The number of carboxylic acid groups (broad SMARTS) is 1. The van der Waals surface area contributed by atoms with E-state index in [1.54, 1.807) is 6.26 Å². The van der Waals surface area contributed by atoms with Gasteiger partial charge in [0.05, 0.1) is 24.7 Å². The van der Waals surface area contributed by atoms with Gasteiger partial charge >= 0.3 is 18.2 Å². The number of likely N-dealkylation sites (tertiary alicyclic amines) is 2. The summed E-state index contributed by atoms with van der Waals surface area (Å²) in [6, 6.07) is 2.12. The highest BCUT2D eigenvalue weighted by Gasteiger charge is 2.46. The number of nitrogens with one attached hydrogen (secondary N) is 1. The van der Waals surface area contributed by atoms with E-state index in [4.69, 9.17) is 19.1 Å². The SMILES string of the molecule is O=C(NCC1CCC2(CN(Cc3ccoc3)C2)OC1)N1CCCC1.O=C(O)C(F)(F)F. The summed E-state index contributed by atoms with van der Waals surface area (Å²) >= 11 is 0. The molecule has 2 N–H and O–H groups in total. The zero-order valence-corrected chi connectivity index (χ0v) is 17.2. The van der Waals surface area contributed by atoms with E-state index in [0.29, 0.717) is 5.92 Å². The molecule has 1 aromatic heterocycles. The molecule has 0 bridgehead atoms. The van der Waals surface area contributed by atoms with Gasteiger partial charge in [-0.3, -0.25) is 4.90 Å². The highest BCUT2D eigenvalue weighted by Crippen LogP contribution is 2.36. The zero-order chi connectivity index (χ0) is 22.5. The molecule has 1 aromatic rings. The number of carbonyl (C=O) groups excluding carboxylic acids is 1. The normalized spacial score (nSPS) is 23.1. The maximum Gasteiger partial charge on any atom is 0.490 e. The van der Waals surface area contributed by atoms with Crippen LogP contribution in [-0.2, 0) is 16.1 Å². The number of nitrogens with zero attached hydrogens (tertiary/aromatic N) is 2. The number of halogens is 3. The highest BCUT2D eigenvalue weighted by molar-refractivity contribution is 5.74. The van der Waals surface area contributed by atoms with Crippen LogP contribution in [-0.4, -0.2) is 78.0 Å². The van der Waals surface area contributed by atoms with Crippen molar-refractivity contribution in [3.8, 4) is 0 Å². The van der Waals surface area contributed by atoms with Crippen molar-refractivity contribution in [1.29, 1.82) is 0 Å². The molecule has 4 heterocycles. The Morgan fingerprint density at radius 1 is 1.26 bits per heavy atom. The molecule has 0 aromatic carbocycles. The second kappa shape index (κ2) is 9.90. The van der Waals surface area contributed by atoms with Crippen molar-refractivity contribution < 1.29 is 37.0 Å². The van der Waals surface area contributed by atoms with Crippen molar-refractivity contribution in [3.63, 3.8) is 0 Å². The topological polar surface area (TPSA) is 95.3 Å². The zero-order valence-electron chi connectivity index (χ0n) is 17.2. The fraction of sp³-hybridized carbons (Fsp3) is 0.700. The van der Waals surface area contributed by atoms with Gasteiger partial charge in [-0.15, -0.1) is 0 Å². The Balaban J connectivity index is 0.000000339. The molecule has 3 aliphatic heterocycles. The number of rotatable bonds is 4. The minimum atomic E-state index is -5.08. The van der Waals surface area contributed by atoms with E-state index >= 15 is 0 Å². The molecule has 1 unspecified atom stereocenters. The molecular formula is C20H28F3N3O5. The van der Waals surface area contributed by atoms with Crippen LogP contribution >= 0.6 is 0 Å². The number of amides is 2. The Labute approximate surface area is 178 Å². The predicted octanol–water partition coefficient (Wildman–Crippen LogP) is 2.70. The molecule has 2 amide bonds. The molecule has 3 fully saturated rings. The summed E-state index contributed by atoms with van der Waals surface area (Å²) in [4.78, 5) is 25.3. The lowest BCUT2D eigenvalue weighted by Crippen LogP contribution is -2.64. The Morgan fingerprint density at radius 3 is 2.45 bits per heavy atom. The Hall–Kier alpha value is -2.27. The summed E-state index contributed by atoms with van der Waals surface area (Å²) in [5.74, 6) is -2.31. The monoisotopic (exact) mass is 447 g/mol. The lowest BCUT2D eigenvalue weighted by Gasteiger charge is -2.53. The van der Waals surface area contributed by atoms with Crippen LogP contribution in [0.4, 0.5) is 18.0 Å². The number of furan rings is 1. The molecule has 4 rings (SSSR count). The van der Waals surface area contributed by atoms with E-state index < -0.39 is 12.1 Å². The number of hydrogen-bond acceptors (Lipinski definition) is 5. The first-order valence-electron chi connectivity index (χ1n) is 10.4. The number of alkyl halides is 3. The maximum atomic E-state index is 12.0. The summed E-state index contributed by atoms with van der Waals surface area (Å²) < 4.78 is 43.0. The summed E-state index contributed by atoms with van der Waals surface area (Å²) in [5.41, 5.74) is 1.28. The third-order valence-electron chi connectivity index (χ3n) is 5.82. The fourth-order valence-corrected chi connectivity index (χ4v) is 4.11. The van der Waals surface area contributed by atoms with Gasteiger partial charge in [-0.05, 0) is 37.7 Å². The number of ether oxygens (including phenoxy) is 1. The lowest BCUT2D eigenvalue weighted by molar-refractivity contribution is -0.192. The van der Waals surface area contributed by atoms with Gasteiger partial charge in [0.15, 0.2) is 0 Å². The summed E-state index contributed by atoms with van der Waals surface area (Å²) in [7, 11) is 0. The van der Waals surface area contributed by atoms with Crippen molar-refractivity contribution in [2.45, 2.75) is 44.0 Å². The summed E-state index contributed by atoms with van der Waals surface area (Å²) in [6.45, 7) is 6.27. The van der Waals surface area contributed by atoms with Crippen molar-refractivity contribution in [2.75, 3.05) is 39.3 Å². The highest BCUT2D eigenvalue weighted by atomic mass is 19.4. The van der Waals surface area contributed by atoms with E-state index in [2.05, 4.69) is 10.2 Å². The Kier molecular flexibility index (Phi) is 7.47. The van der Waals surface area contributed by atoms with Crippen LogP contribution in [0.3, 0.4) is 0 Å². The second-order valence-corrected chi connectivity index (χ2v) is 8.36. The Morgan fingerprint density at radius 2 is 1.94 bits per heavy atom. The van der Waals surface area contributed by atoms with Crippen LogP contribution in [0, 0.1) is 5.92 Å². The molecule has 1 spiro atoms. The van der Waals surface area contributed by atoms with E-state index in [9.17, 15) is 18.0 Å². The quantitative estimate of drug-likeness (QED) is 0.737. The van der Waals surface area contributed by atoms with Gasteiger partial charge in [-0.1, -0.05) is 0 Å². The summed E-state index contributed by atoms with van der Waals surface area (Å²) in [5, 5.41) is 10.2. The van der Waals surface area contributed by atoms with Crippen LogP contribution in [0.5, 0.6) is 0 Å². The standard InChI is InChI=1S/C18H27N3O3.C2HF3O2/c22-17(21-6-1-2-7-21)19-9-15-3-5-18(24-12-15)13-20(14-18)10-16-4-8-23-11-16;3-2(4,5)1(6)7/h4,8,11,15H,1-3,5-7,9-10,12-14H2,(H,19,22);(H,6,7). The molecule has 11 heteroatoms. The molecule has 3 saturated heterocycles. The van der Waals surface area contributed by atoms with Gasteiger partial charge in [0.2, 0.25) is 0 Å². The van der Waals surface area contributed by atoms with Crippen molar-refractivity contribution in [2.24, 2.45) is 5.92 Å². The van der Waals surface area contributed by atoms with Gasteiger partial charge in [-0.25, -0.2) is 9.59 Å². The first-order chi connectivity index (χ1) is 14.7. The average Bonchev–Trinajstić information content (AvgIpc) is 3.40. The van der Waals surface area contributed by atoms with E-state index in [-0.39, 0.29) is 11.6 Å². The van der Waals surface area contributed by atoms with Crippen LogP contribution < -0.4 is 5.32 Å². The van der Waals surface area contributed by atoms with Crippen LogP contribution in [0.15, 0.2) is 23.0 Å². The molecule has 3 aliphatic rings. The number of hydrogen-bond donors (Lipinski definition) is 2. The van der Waals surface area contributed by atoms with Gasteiger partial charge in [0.25, 0.3) is 0 Å². The predicted molar refractivity (Wildman–Crippen MR) is 103 cm³/mol. The molecular weight excluding hydrogens is 419 g/mol. The number of carboxylic acids is 1. The molecule has 0 radical (unpaired) electrons. The fourth-order valence-electron chi connectivity index (χ4n) is 4.11. The largest absolute Gasteiger partial charge is 0.490 e. The number of carbonyl (C=O) groups is 2. The average molecular weight is 447 g/mol. The minimum Gasteiger partial charge on any atom is -0.475 e. The molecule has 8 nitrogen and oxygen atoms in total. The van der Waals surface area contributed by atoms with Crippen molar-refractivity contribution in [1.82, 2.24) is 15.1 Å². The van der Waals surface area contributed by atoms with Gasteiger partial charge in [0.1, 0.15) is 0 Å². The third kappa shape index (κ3) is 6.60. The van der Waals surface area contributed by atoms with E-state index in [1.807, 2.05) is 17.2 Å². The van der Waals surface area contributed by atoms with Crippen molar-refractivity contribution in [3.05, 3.63) is 24.2 Å². The molecule has 0 saturated carbocycles. The van der Waals surface area contributed by atoms with Crippen LogP contribution in [0.2, 0.25) is 0 Å². The molecule has 0 aliphatic carbocycles.